The zero-order valence-electron chi connectivity index (χ0n) is 16.8. The Morgan fingerprint density at radius 2 is 2.14 bits per heavy atom. The number of aromatic nitrogens is 2. The second-order valence-corrected chi connectivity index (χ2v) is 7.04. The van der Waals surface area contributed by atoms with Crippen LogP contribution in [0.5, 0.6) is 11.5 Å². The van der Waals surface area contributed by atoms with Crippen molar-refractivity contribution in [3.05, 3.63) is 33.5 Å². The van der Waals surface area contributed by atoms with Crippen LogP contribution in [-0.4, -0.2) is 46.8 Å². The normalized spacial score (nSPS) is 14.0. The number of unbranched alkanes of at least 4 members (excludes halogenated alkanes) is 1. The van der Waals surface area contributed by atoms with Crippen LogP contribution in [0.3, 0.4) is 0 Å². The van der Waals surface area contributed by atoms with Crippen molar-refractivity contribution in [2.75, 3.05) is 26.8 Å². The predicted octanol–water partition coefficient (Wildman–Crippen LogP) is 3.94. The van der Waals surface area contributed by atoms with E-state index in [1.165, 1.54) is 7.11 Å². The van der Waals surface area contributed by atoms with Crippen molar-refractivity contribution in [1.29, 1.82) is 0 Å². The minimum Gasteiger partial charge on any atom is -0.493 e. The van der Waals surface area contributed by atoms with Crippen LogP contribution in [0, 0.1) is 10.1 Å². The third kappa shape index (κ3) is 4.11. The summed E-state index contributed by atoms with van der Waals surface area (Å²) in [7, 11) is 1.50. The highest BCUT2D eigenvalue weighted by Gasteiger charge is 2.27. The molecule has 8 heteroatoms. The maximum atomic E-state index is 11.7. The van der Waals surface area contributed by atoms with Gasteiger partial charge in [-0.3, -0.25) is 20.1 Å². The van der Waals surface area contributed by atoms with Crippen molar-refractivity contribution in [2.24, 2.45) is 0 Å². The van der Waals surface area contributed by atoms with Crippen LogP contribution in [0.15, 0.2) is 12.1 Å². The molecule has 152 valence electrons. The fourth-order valence-corrected chi connectivity index (χ4v) is 3.57. The molecule has 0 fully saturated rings. The molecule has 0 bridgehead atoms. The standard InChI is InChI=1S/C20H28N4O4/c1-4-6-10-28-20-17(24(25)26)11-14(12-18(20)27-3)19-15-13-23(8-5-2)9-7-16(15)21-22-19/h11-12H,4-10,13H2,1-3H3,(H,21,22). The van der Waals surface area contributed by atoms with Gasteiger partial charge in [0.25, 0.3) is 0 Å². The van der Waals surface area contributed by atoms with Crippen LogP contribution < -0.4 is 9.47 Å². The molecule has 1 aliphatic rings. The first-order valence-electron chi connectivity index (χ1n) is 9.87. The Morgan fingerprint density at radius 1 is 1.32 bits per heavy atom. The number of aromatic amines is 1. The van der Waals surface area contributed by atoms with E-state index in [1.54, 1.807) is 12.1 Å². The summed E-state index contributed by atoms with van der Waals surface area (Å²) in [6, 6.07) is 3.32. The monoisotopic (exact) mass is 388 g/mol. The fraction of sp³-hybridized carbons (Fsp3) is 0.550. The highest BCUT2D eigenvalue weighted by Crippen LogP contribution is 2.42. The summed E-state index contributed by atoms with van der Waals surface area (Å²) in [5, 5.41) is 19.3. The lowest BCUT2D eigenvalue weighted by molar-refractivity contribution is -0.385. The van der Waals surface area contributed by atoms with Crippen molar-refractivity contribution < 1.29 is 14.4 Å². The Balaban J connectivity index is 2.01. The van der Waals surface area contributed by atoms with Gasteiger partial charge in [0.15, 0.2) is 5.75 Å². The number of nitrogens with zero attached hydrogens (tertiary/aromatic N) is 3. The van der Waals surface area contributed by atoms with Crippen LogP contribution >= 0.6 is 0 Å². The van der Waals surface area contributed by atoms with E-state index in [9.17, 15) is 10.1 Å². The summed E-state index contributed by atoms with van der Waals surface area (Å²) in [5.41, 5.74) is 3.53. The number of H-pyrrole nitrogens is 1. The molecule has 0 amide bonds. The minimum atomic E-state index is -0.421. The second kappa shape index (κ2) is 9.05. The average Bonchev–Trinajstić information content (AvgIpc) is 3.11. The molecule has 2 heterocycles. The molecule has 0 saturated heterocycles. The molecule has 0 saturated carbocycles. The molecular formula is C20H28N4O4. The third-order valence-corrected chi connectivity index (χ3v) is 5.02. The van der Waals surface area contributed by atoms with Crippen LogP contribution in [0.4, 0.5) is 5.69 Å². The zero-order valence-corrected chi connectivity index (χ0v) is 16.8. The van der Waals surface area contributed by atoms with Gasteiger partial charge in [-0.25, -0.2) is 0 Å². The van der Waals surface area contributed by atoms with Gasteiger partial charge in [-0.2, -0.15) is 5.10 Å². The van der Waals surface area contributed by atoms with Gasteiger partial charge in [0.05, 0.1) is 24.3 Å². The Morgan fingerprint density at radius 3 is 2.82 bits per heavy atom. The molecule has 0 unspecified atom stereocenters. The molecule has 2 aromatic rings. The molecule has 1 N–H and O–H groups in total. The number of hydrogen-bond acceptors (Lipinski definition) is 6. The van der Waals surface area contributed by atoms with Gasteiger partial charge < -0.3 is 9.47 Å². The van der Waals surface area contributed by atoms with Gasteiger partial charge in [0.1, 0.15) is 0 Å². The Bertz CT molecular complexity index is 834. The average molecular weight is 388 g/mol. The topological polar surface area (TPSA) is 93.5 Å². The number of rotatable bonds is 9. The number of nitro groups is 1. The molecular weight excluding hydrogens is 360 g/mol. The molecule has 1 aliphatic heterocycles. The van der Waals surface area contributed by atoms with E-state index in [-0.39, 0.29) is 11.4 Å². The maximum Gasteiger partial charge on any atom is 0.315 e. The fourth-order valence-electron chi connectivity index (χ4n) is 3.57. The maximum absolute atomic E-state index is 11.7. The van der Waals surface area contributed by atoms with Crippen molar-refractivity contribution in [2.45, 2.75) is 46.1 Å². The van der Waals surface area contributed by atoms with Crippen molar-refractivity contribution in [3.63, 3.8) is 0 Å². The van der Waals surface area contributed by atoms with Crippen molar-refractivity contribution in [3.8, 4) is 22.8 Å². The van der Waals surface area contributed by atoms with E-state index in [2.05, 4.69) is 22.0 Å². The van der Waals surface area contributed by atoms with Crippen LogP contribution in [0.25, 0.3) is 11.3 Å². The van der Waals surface area contributed by atoms with Gasteiger partial charge >= 0.3 is 5.69 Å². The quantitative estimate of drug-likeness (QED) is 0.397. The summed E-state index contributed by atoms with van der Waals surface area (Å²) in [5.74, 6) is 0.542. The Labute approximate surface area is 165 Å². The Hall–Kier alpha value is -2.61. The molecule has 0 spiro atoms. The van der Waals surface area contributed by atoms with Gasteiger partial charge in [-0.1, -0.05) is 20.3 Å². The van der Waals surface area contributed by atoms with Crippen LogP contribution in [0.2, 0.25) is 0 Å². The molecule has 1 aromatic heterocycles. The molecule has 0 radical (unpaired) electrons. The van der Waals surface area contributed by atoms with Crippen LogP contribution in [-0.2, 0) is 13.0 Å². The van der Waals surface area contributed by atoms with E-state index in [0.29, 0.717) is 17.9 Å². The lowest BCUT2D eigenvalue weighted by Crippen LogP contribution is -2.31. The first-order chi connectivity index (χ1) is 13.6. The SMILES string of the molecule is CCCCOc1c(OC)cc(-c2n[nH]c3c2CN(CCC)CC3)cc1[N+](=O)[O-]. The minimum absolute atomic E-state index is 0.0940. The van der Waals surface area contributed by atoms with Gasteiger partial charge in [-0.05, 0) is 25.5 Å². The predicted molar refractivity (Wildman–Crippen MR) is 107 cm³/mol. The summed E-state index contributed by atoms with van der Waals surface area (Å²) in [6.45, 7) is 7.43. The highest BCUT2D eigenvalue weighted by molar-refractivity contribution is 5.73. The lowest BCUT2D eigenvalue weighted by atomic mass is 10.00. The molecule has 28 heavy (non-hydrogen) atoms. The molecule has 1 aromatic carbocycles. The smallest absolute Gasteiger partial charge is 0.315 e. The number of hydrogen-bond donors (Lipinski definition) is 1. The molecule has 8 nitrogen and oxygen atoms in total. The van der Waals surface area contributed by atoms with Gasteiger partial charge in [0, 0.05) is 42.4 Å². The van der Waals surface area contributed by atoms with E-state index in [1.807, 2.05) is 6.92 Å². The number of ether oxygens (including phenoxy) is 2. The highest BCUT2D eigenvalue weighted by atomic mass is 16.6. The first-order valence-corrected chi connectivity index (χ1v) is 9.87. The lowest BCUT2D eigenvalue weighted by Gasteiger charge is -2.26. The van der Waals surface area contributed by atoms with E-state index >= 15 is 0 Å². The number of nitro benzene ring substituents is 1. The van der Waals surface area contributed by atoms with E-state index < -0.39 is 4.92 Å². The van der Waals surface area contributed by atoms with Crippen molar-refractivity contribution >= 4 is 5.69 Å². The molecule has 3 rings (SSSR count). The first kappa shape index (κ1) is 20.1. The van der Waals surface area contributed by atoms with E-state index in [4.69, 9.17) is 9.47 Å². The Kier molecular flexibility index (Phi) is 6.51. The third-order valence-electron chi connectivity index (χ3n) is 5.02. The van der Waals surface area contributed by atoms with Gasteiger partial charge in [-0.15, -0.1) is 0 Å². The number of nitrogens with one attached hydrogen (secondary N) is 1. The molecule has 0 atom stereocenters. The molecule has 0 aliphatic carbocycles. The second-order valence-electron chi connectivity index (χ2n) is 7.04. The summed E-state index contributed by atoms with van der Waals surface area (Å²) >= 11 is 0. The van der Waals surface area contributed by atoms with Crippen LogP contribution in [0.1, 0.15) is 44.4 Å². The summed E-state index contributed by atoms with van der Waals surface area (Å²) in [4.78, 5) is 13.7. The largest absolute Gasteiger partial charge is 0.493 e. The zero-order chi connectivity index (χ0) is 20.1. The number of methoxy groups -OCH3 is 1. The van der Waals surface area contributed by atoms with E-state index in [0.717, 1.165) is 62.3 Å². The van der Waals surface area contributed by atoms with Gasteiger partial charge in [0.2, 0.25) is 5.75 Å². The number of fused-ring (bicyclic) bond motifs is 1. The summed E-state index contributed by atoms with van der Waals surface area (Å²) < 4.78 is 11.1. The number of benzene rings is 1. The summed E-state index contributed by atoms with van der Waals surface area (Å²) in [6.07, 6.45) is 3.76. The van der Waals surface area contributed by atoms with Crippen molar-refractivity contribution in [1.82, 2.24) is 15.1 Å².